The van der Waals surface area contributed by atoms with Gasteiger partial charge >= 0.3 is 0 Å². The van der Waals surface area contributed by atoms with Crippen LogP contribution in [0.5, 0.6) is 0 Å². The van der Waals surface area contributed by atoms with Crippen molar-refractivity contribution >= 4 is 0 Å². The minimum absolute atomic E-state index is 0.620. The molecular weight excluding hydrogens is 200 g/mol. The maximum absolute atomic E-state index is 5.33. The van der Waals surface area contributed by atoms with Gasteiger partial charge in [-0.15, -0.1) is 0 Å². The Hall–Kier alpha value is -0.120. The highest BCUT2D eigenvalue weighted by Gasteiger charge is 2.37. The van der Waals surface area contributed by atoms with Gasteiger partial charge in [0.25, 0.3) is 0 Å². The molecule has 3 rings (SSSR count). The van der Waals surface area contributed by atoms with Gasteiger partial charge in [0.05, 0.1) is 6.61 Å². The van der Waals surface area contributed by atoms with Gasteiger partial charge < -0.3 is 10.1 Å². The Morgan fingerprint density at radius 3 is 2.69 bits per heavy atom. The predicted molar refractivity (Wildman–Crippen MR) is 64.5 cm³/mol. The van der Waals surface area contributed by atoms with Gasteiger partial charge in [0, 0.05) is 38.3 Å². The Morgan fingerprint density at radius 2 is 2.06 bits per heavy atom. The minimum atomic E-state index is 0.620. The third-order valence-electron chi connectivity index (χ3n) is 4.27. The van der Waals surface area contributed by atoms with Crippen LogP contribution in [0.1, 0.15) is 32.1 Å². The molecule has 1 heterocycles. The van der Waals surface area contributed by atoms with E-state index in [0.29, 0.717) is 6.04 Å². The molecule has 0 radical (unpaired) electrons. The molecule has 16 heavy (non-hydrogen) atoms. The molecule has 0 aromatic carbocycles. The molecule has 1 aliphatic heterocycles. The first-order chi connectivity index (χ1) is 7.86. The number of likely N-dealkylation sites (tertiary alicyclic amines) is 1. The fourth-order valence-electron chi connectivity index (χ4n) is 3.00. The van der Waals surface area contributed by atoms with Crippen LogP contribution in [0.3, 0.4) is 0 Å². The number of hydrogen-bond acceptors (Lipinski definition) is 3. The van der Waals surface area contributed by atoms with Crippen LogP contribution in [-0.4, -0.2) is 49.8 Å². The summed E-state index contributed by atoms with van der Waals surface area (Å²) in [7, 11) is 1.82. The second-order valence-corrected chi connectivity index (χ2v) is 5.78. The maximum atomic E-state index is 5.33. The van der Waals surface area contributed by atoms with Gasteiger partial charge in [-0.25, -0.2) is 0 Å². The van der Waals surface area contributed by atoms with Crippen LogP contribution in [-0.2, 0) is 4.74 Å². The molecule has 3 fully saturated rings. The fraction of sp³-hybridized carbons (Fsp3) is 1.00. The number of ether oxygens (including phenoxy) is 1. The van der Waals surface area contributed by atoms with E-state index in [0.717, 1.165) is 24.6 Å². The van der Waals surface area contributed by atoms with E-state index >= 15 is 0 Å². The molecule has 1 saturated heterocycles. The topological polar surface area (TPSA) is 24.5 Å². The number of methoxy groups -OCH3 is 1. The molecule has 2 saturated carbocycles. The summed E-state index contributed by atoms with van der Waals surface area (Å²) in [5.74, 6) is 0.898. The molecule has 3 heteroatoms. The largest absolute Gasteiger partial charge is 0.383 e. The zero-order valence-corrected chi connectivity index (χ0v) is 10.3. The van der Waals surface area contributed by atoms with Crippen LogP contribution < -0.4 is 5.32 Å². The van der Waals surface area contributed by atoms with E-state index in [4.69, 9.17) is 4.74 Å². The monoisotopic (exact) mass is 224 g/mol. The van der Waals surface area contributed by atoms with Crippen molar-refractivity contribution < 1.29 is 4.74 Å². The lowest BCUT2D eigenvalue weighted by Crippen LogP contribution is -2.43. The van der Waals surface area contributed by atoms with Gasteiger partial charge in [-0.3, -0.25) is 4.90 Å². The van der Waals surface area contributed by atoms with Crippen LogP contribution in [0.2, 0.25) is 0 Å². The van der Waals surface area contributed by atoms with Crippen LogP contribution in [0.4, 0.5) is 0 Å². The van der Waals surface area contributed by atoms with E-state index in [1.54, 1.807) is 0 Å². The lowest BCUT2D eigenvalue weighted by molar-refractivity contribution is 0.151. The quantitative estimate of drug-likeness (QED) is 0.734. The third kappa shape index (κ3) is 2.58. The molecule has 2 unspecified atom stereocenters. The molecule has 2 atom stereocenters. The van der Waals surface area contributed by atoms with Crippen molar-refractivity contribution in [2.45, 2.75) is 50.2 Å². The second kappa shape index (κ2) is 4.63. The lowest BCUT2D eigenvalue weighted by atomic mass is 10.1. The zero-order valence-electron chi connectivity index (χ0n) is 10.3. The molecule has 3 nitrogen and oxygen atoms in total. The van der Waals surface area contributed by atoms with Crippen molar-refractivity contribution in [2.24, 2.45) is 5.92 Å². The summed E-state index contributed by atoms with van der Waals surface area (Å²) >= 11 is 0. The smallest absolute Gasteiger partial charge is 0.0618 e. The number of nitrogens with zero attached hydrogens (tertiary/aromatic N) is 1. The lowest BCUT2D eigenvalue weighted by Gasteiger charge is -2.22. The summed E-state index contributed by atoms with van der Waals surface area (Å²) in [6, 6.07) is 2.28. The standard InChI is InChI=1S/C13H24N2O/c1-16-9-13(10-2-3-10)14-11-6-7-15(8-11)12-4-5-12/h10-14H,2-9H2,1H3. The van der Waals surface area contributed by atoms with Crippen LogP contribution in [0.25, 0.3) is 0 Å². The van der Waals surface area contributed by atoms with Gasteiger partial charge in [-0.1, -0.05) is 0 Å². The van der Waals surface area contributed by atoms with Gasteiger partial charge in [-0.05, 0) is 38.0 Å². The van der Waals surface area contributed by atoms with Crippen molar-refractivity contribution in [1.82, 2.24) is 10.2 Å². The van der Waals surface area contributed by atoms with Gasteiger partial charge in [0.15, 0.2) is 0 Å². The van der Waals surface area contributed by atoms with E-state index < -0.39 is 0 Å². The van der Waals surface area contributed by atoms with Gasteiger partial charge in [-0.2, -0.15) is 0 Å². The van der Waals surface area contributed by atoms with E-state index in [2.05, 4.69) is 10.2 Å². The normalized spacial score (nSPS) is 33.2. The maximum Gasteiger partial charge on any atom is 0.0618 e. The Labute approximate surface area is 98.5 Å². The average molecular weight is 224 g/mol. The molecule has 0 aromatic heterocycles. The fourth-order valence-corrected chi connectivity index (χ4v) is 3.00. The summed E-state index contributed by atoms with van der Waals surface area (Å²) in [4.78, 5) is 2.68. The van der Waals surface area contributed by atoms with E-state index in [1.807, 2.05) is 7.11 Å². The molecule has 1 N–H and O–H groups in total. The minimum Gasteiger partial charge on any atom is -0.383 e. The van der Waals surface area contributed by atoms with Crippen LogP contribution in [0, 0.1) is 5.92 Å². The second-order valence-electron chi connectivity index (χ2n) is 5.78. The van der Waals surface area contributed by atoms with Gasteiger partial charge in [0.2, 0.25) is 0 Å². The first-order valence-electron chi connectivity index (χ1n) is 6.86. The highest BCUT2D eigenvalue weighted by atomic mass is 16.5. The molecule has 2 aliphatic carbocycles. The summed E-state index contributed by atoms with van der Waals surface area (Å²) in [5.41, 5.74) is 0. The Kier molecular flexibility index (Phi) is 3.18. The highest BCUT2D eigenvalue weighted by molar-refractivity contribution is 4.95. The van der Waals surface area contributed by atoms with Crippen LogP contribution in [0.15, 0.2) is 0 Å². The highest BCUT2D eigenvalue weighted by Crippen LogP contribution is 2.34. The van der Waals surface area contributed by atoms with Crippen molar-refractivity contribution in [3.8, 4) is 0 Å². The van der Waals surface area contributed by atoms with E-state index in [1.165, 1.54) is 45.2 Å². The molecule has 0 bridgehead atoms. The Morgan fingerprint density at radius 1 is 1.25 bits per heavy atom. The molecule has 92 valence electrons. The summed E-state index contributed by atoms with van der Waals surface area (Å²) in [6.45, 7) is 3.48. The Bertz CT molecular complexity index is 238. The Balaban J connectivity index is 1.45. The molecule has 0 aromatic rings. The molecular formula is C13H24N2O. The number of nitrogens with one attached hydrogen (secondary N) is 1. The first kappa shape index (κ1) is 11.0. The van der Waals surface area contributed by atoms with Crippen LogP contribution >= 0.6 is 0 Å². The average Bonchev–Trinajstić information content (AvgIpc) is 3.18. The number of hydrogen-bond donors (Lipinski definition) is 1. The SMILES string of the molecule is COCC(NC1CCN(C2CC2)C1)C1CC1. The van der Waals surface area contributed by atoms with Crippen molar-refractivity contribution in [1.29, 1.82) is 0 Å². The summed E-state index contributed by atoms with van der Waals surface area (Å²) in [5, 5.41) is 3.82. The van der Waals surface area contributed by atoms with Crippen molar-refractivity contribution in [2.75, 3.05) is 26.8 Å². The molecule has 0 amide bonds. The summed E-state index contributed by atoms with van der Waals surface area (Å²) < 4.78 is 5.33. The van der Waals surface area contributed by atoms with Gasteiger partial charge in [0.1, 0.15) is 0 Å². The first-order valence-corrected chi connectivity index (χ1v) is 6.86. The third-order valence-corrected chi connectivity index (χ3v) is 4.27. The van der Waals surface area contributed by atoms with Crippen molar-refractivity contribution in [3.63, 3.8) is 0 Å². The van der Waals surface area contributed by atoms with E-state index in [9.17, 15) is 0 Å². The molecule has 3 aliphatic rings. The van der Waals surface area contributed by atoms with E-state index in [-0.39, 0.29) is 0 Å². The summed E-state index contributed by atoms with van der Waals surface area (Å²) in [6.07, 6.45) is 7.03. The van der Waals surface area contributed by atoms with Crippen molar-refractivity contribution in [3.05, 3.63) is 0 Å². The number of rotatable bonds is 6. The molecule has 0 spiro atoms. The predicted octanol–water partition coefficient (Wildman–Crippen LogP) is 1.24. The zero-order chi connectivity index (χ0) is 11.0.